The number of esters is 1. The van der Waals surface area contributed by atoms with E-state index in [1.807, 2.05) is 0 Å². The standard InChI is InChI=1S/C22H26N4O4/c1-15(20(28)25(2)22(14-23)11-7-4-8-12-22)30-19(27)13-18-16-9-5-6-10-17(16)21(29)26(3)24-18/h5-6,9-10,15H,4,7-8,11-13H2,1-3H3/t15-/m0/s1. The van der Waals surface area contributed by atoms with Crippen molar-refractivity contribution in [2.45, 2.75) is 57.1 Å². The lowest BCUT2D eigenvalue weighted by Crippen LogP contribution is -2.53. The van der Waals surface area contributed by atoms with Crippen LogP contribution in [0.2, 0.25) is 0 Å². The molecule has 158 valence electrons. The van der Waals surface area contributed by atoms with E-state index in [1.54, 1.807) is 31.3 Å². The van der Waals surface area contributed by atoms with Crippen LogP contribution in [0.15, 0.2) is 29.1 Å². The number of benzene rings is 1. The number of likely N-dealkylation sites (N-methyl/N-ethyl adjacent to an activating group) is 1. The van der Waals surface area contributed by atoms with E-state index in [-0.39, 0.29) is 12.0 Å². The van der Waals surface area contributed by atoms with Gasteiger partial charge < -0.3 is 9.64 Å². The number of nitrogens with zero attached hydrogens (tertiary/aromatic N) is 4. The SMILES string of the molecule is C[C@H](OC(=O)Cc1nn(C)c(=O)c2ccccc12)C(=O)N(C)C1(C#N)CCCCC1. The molecule has 1 heterocycles. The van der Waals surface area contributed by atoms with Gasteiger partial charge in [-0.3, -0.25) is 14.4 Å². The molecule has 1 amide bonds. The normalized spacial score (nSPS) is 16.5. The van der Waals surface area contributed by atoms with Gasteiger partial charge in [0.05, 0.1) is 23.6 Å². The van der Waals surface area contributed by atoms with E-state index < -0.39 is 23.5 Å². The van der Waals surface area contributed by atoms with Gasteiger partial charge in [-0.25, -0.2) is 4.68 Å². The highest BCUT2D eigenvalue weighted by Crippen LogP contribution is 2.33. The van der Waals surface area contributed by atoms with Crippen LogP contribution in [0.1, 0.15) is 44.7 Å². The van der Waals surface area contributed by atoms with Crippen LogP contribution in [0.4, 0.5) is 0 Å². The predicted octanol–water partition coefficient (Wildman–Crippen LogP) is 2.09. The summed E-state index contributed by atoms with van der Waals surface area (Å²) in [5.74, 6) is -1.01. The minimum atomic E-state index is -1.02. The number of carbonyl (C=O) groups is 2. The molecule has 8 nitrogen and oxygen atoms in total. The summed E-state index contributed by atoms with van der Waals surface area (Å²) < 4.78 is 6.56. The average Bonchev–Trinajstić information content (AvgIpc) is 2.76. The molecule has 1 aromatic heterocycles. The fourth-order valence-electron chi connectivity index (χ4n) is 4.07. The number of fused-ring (bicyclic) bond motifs is 1. The van der Waals surface area contributed by atoms with Gasteiger partial charge in [0.1, 0.15) is 5.54 Å². The Kier molecular flexibility index (Phi) is 6.20. The first-order valence-corrected chi connectivity index (χ1v) is 10.1. The summed E-state index contributed by atoms with van der Waals surface area (Å²) in [4.78, 5) is 39.0. The first-order valence-electron chi connectivity index (χ1n) is 10.1. The monoisotopic (exact) mass is 410 g/mol. The molecule has 0 unspecified atom stereocenters. The van der Waals surface area contributed by atoms with Gasteiger partial charge in [-0.1, -0.05) is 37.5 Å². The van der Waals surface area contributed by atoms with Crippen LogP contribution in [0.5, 0.6) is 0 Å². The molecule has 0 radical (unpaired) electrons. The molecule has 1 fully saturated rings. The maximum Gasteiger partial charge on any atom is 0.312 e. The number of aryl methyl sites for hydroxylation is 1. The van der Waals surface area contributed by atoms with Crippen molar-refractivity contribution in [2.24, 2.45) is 7.05 Å². The molecule has 1 atom stereocenters. The van der Waals surface area contributed by atoms with E-state index in [4.69, 9.17) is 4.74 Å². The summed E-state index contributed by atoms with van der Waals surface area (Å²) >= 11 is 0. The third-order valence-electron chi connectivity index (χ3n) is 5.86. The second-order valence-corrected chi connectivity index (χ2v) is 7.83. The van der Waals surface area contributed by atoms with Crippen LogP contribution in [-0.2, 0) is 27.8 Å². The largest absolute Gasteiger partial charge is 0.452 e. The Bertz CT molecular complexity index is 1060. The molecular weight excluding hydrogens is 384 g/mol. The van der Waals surface area contributed by atoms with E-state index in [0.717, 1.165) is 19.3 Å². The number of ether oxygens (including phenoxy) is 1. The molecule has 3 rings (SSSR count). The van der Waals surface area contributed by atoms with Gasteiger partial charge in [0.2, 0.25) is 0 Å². The van der Waals surface area contributed by atoms with Crippen LogP contribution in [0.3, 0.4) is 0 Å². The fraction of sp³-hybridized carbons (Fsp3) is 0.500. The van der Waals surface area contributed by atoms with Crippen LogP contribution in [-0.4, -0.2) is 45.2 Å². The molecule has 0 saturated heterocycles. The van der Waals surface area contributed by atoms with Gasteiger partial charge >= 0.3 is 5.97 Å². The van der Waals surface area contributed by atoms with Crippen molar-refractivity contribution in [1.29, 1.82) is 5.26 Å². The molecular formula is C22H26N4O4. The third-order valence-corrected chi connectivity index (χ3v) is 5.86. The van der Waals surface area contributed by atoms with E-state index in [9.17, 15) is 19.6 Å². The molecule has 8 heteroatoms. The molecule has 0 bridgehead atoms. The number of carbonyl (C=O) groups excluding carboxylic acids is 2. The smallest absolute Gasteiger partial charge is 0.312 e. The Labute approximate surface area is 175 Å². The molecule has 1 aliphatic carbocycles. The molecule has 2 aromatic rings. The Balaban J connectivity index is 1.73. The highest BCUT2D eigenvalue weighted by molar-refractivity contribution is 5.88. The lowest BCUT2D eigenvalue weighted by molar-refractivity contribution is -0.160. The van der Waals surface area contributed by atoms with Crippen molar-refractivity contribution in [3.63, 3.8) is 0 Å². The molecule has 1 saturated carbocycles. The maximum atomic E-state index is 12.8. The minimum absolute atomic E-state index is 0.167. The van der Waals surface area contributed by atoms with E-state index in [2.05, 4.69) is 11.2 Å². The van der Waals surface area contributed by atoms with Crippen LogP contribution in [0.25, 0.3) is 10.8 Å². The Morgan fingerprint density at radius 3 is 2.53 bits per heavy atom. The van der Waals surface area contributed by atoms with Crippen molar-refractivity contribution < 1.29 is 14.3 Å². The second-order valence-electron chi connectivity index (χ2n) is 7.83. The zero-order valence-electron chi connectivity index (χ0n) is 17.6. The quantitative estimate of drug-likeness (QED) is 0.699. The molecule has 0 spiro atoms. The lowest BCUT2D eigenvalue weighted by atomic mass is 9.81. The summed E-state index contributed by atoms with van der Waals surface area (Å²) in [6.45, 7) is 1.51. The molecule has 1 aromatic carbocycles. The topological polar surface area (TPSA) is 105 Å². The first-order chi connectivity index (χ1) is 14.3. The van der Waals surface area contributed by atoms with E-state index >= 15 is 0 Å². The third kappa shape index (κ3) is 4.06. The van der Waals surface area contributed by atoms with Gasteiger partial charge in [-0.05, 0) is 25.8 Å². The fourth-order valence-corrected chi connectivity index (χ4v) is 4.07. The lowest BCUT2D eigenvalue weighted by Gasteiger charge is -2.39. The predicted molar refractivity (Wildman–Crippen MR) is 110 cm³/mol. The highest BCUT2D eigenvalue weighted by atomic mass is 16.5. The summed E-state index contributed by atoms with van der Waals surface area (Å²) in [6.07, 6.45) is 2.90. The summed E-state index contributed by atoms with van der Waals surface area (Å²) in [6, 6.07) is 9.23. The zero-order valence-corrected chi connectivity index (χ0v) is 17.6. The van der Waals surface area contributed by atoms with E-state index in [1.165, 1.54) is 23.6 Å². The van der Waals surface area contributed by atoms with Crippen LogP contribution in [0, 0.1) is 11.3 Å². The minimum Gasteiger partial charge on any atom is -0.452 e. The number of nitriles is 1. The summed E-state index contributed by atoms with van der Waals surface area (Å²) in [5.41, 5.74) is -0.681. The van der Waals surface area contributed by atoms with Crippen LogP contribution >= 0.6 is 0 Å². The maximum absolute atomic E-state index is 12.8. The van der Waals surface area contributed by atoms with Crippen molar-refractivity contribution in [2.75, 3.05) is 7.05 Å². The van der Waals surface area contributed by atoms with Crippen LogP contribution < -0.4 is 5.56 Å². The average molecular weight is 410 g/mol. The summed E-state index contributed by atoms with van der Waals surface area (Å²) in [7, 11) is 3.12. The highest BCUT2D eigenvalue weighted by Gasteiger charge is 2.40. The summed E-state index contributed by atoms with van der Waals surface area (Å²) in [5, 5.41) is 14.9. The second kappa shape index (κ2) is 8.66. The number of aromatic nitrogens is 2. The Hall–Kier alpha value is -3.21. The first kappa shape index (κ1) is 21.5. The van der Waals surface area contributed by atoms with Gasteiger partial charge in [-0.15, -0.1) is 0 Å². The van der Waals surface area contributed by atoms with Gasteiger partial charge in [-0.2, -0.15) is 10.4 Å². The van der Waals surface area contributed by atoms with Gasteiger partial charge in [0.25, 0.3) is 11.5 Å². The van der Waals surface area contributed by atoms with Crippen molar-refractivity contribution >= 4 is 22.6 Å². The van der Waals surface area contributed by atoms with Crippen molar-refractivity contribution in [1.82, 2.24) is 14.7 Å². The molecule has 1 aliphatic rings. The molecule has 0 N–H and O–H groups in total. The number of rotatable bonds is 5. The van der Waals surface area contributed by atoms with Crippen molar-refractivity contribution in [3.8, 4) is 6.07 Å². The Morgan fingerprint density at radius 1 is 1.27 bits per heavy atom. The van der Waals surface area contributed by atoms with Crippen molar-refractivity contribution in [3.05, 3.63) is 40.3 Å². The number of hydrogen-bond acceptors (Lipinski definition) is 6. The number of hydrogen-bond donors (Lipinski definition) is 0. The Morgan fingerprint density at radius 2 is 1.90 bits per heavy atom. The number of amides is 1. The van der Waals surface area contributed by atoms with Gasteiger partial charge in [0, 0.05) is 19.5 Å². The van der Waals surface area contributed by atoms with E-state index in [0.29, 0.717) is 29.3 Å². The van der Waals surface area contributed by atoms with Gasteiger partial charge in [0.15, 0.2) is 6.10 Å². The zero-order chi connectivity index (χ0) is 21.9. The molecule has 0 aliphatic heterocycles. The molecule has 30 heavy (non-hydrogen) atoms.